The highest BCUT2D eigenvalue weighted by Crippen LogP contribution is 2.32. The number of nitrogen functional groups attached to an aromatic ring is 1. The second kappa shape index (κ2) is 5.63. The monoisotopic (exact) mass is 358 g/mol. The first-order valence-electron chi connectivity index (χ1n) is 5.36. The molecule has 0 bridgehead atoms. The molecule has 0 amide bonds. The fourth-order valence-electron chi connectivity index (χ4n) is 1.46. The molecule has 9 heteroatoms. The van der Waals surface area contributed by atoms with Gasteiger partial charge in [0.2, 0.25) is 0 Å². The van der Waals surface area contributed by atoms with E-state index in [0.717, 1.165) is 0 Å². The van der Waals surface area contributed by atoms with Crippen molar-refractivity contribution in [1.82, 2.24) is 9.97 Å². The number of hydrogen-bond acceptors (Lipinski definition) is 6. The van der Waals surface area contributed by atoms with Crippen LogP contribution >= 0.6 is 15.9 Å². The van der Waals surface area contributed by atoms with Gasteiger partial charge < -0.3 is 10.5 Å². The zero-order chi connectivity index (χ0) is 14.8. The molecule has 0 aliphatic heterocycles. The molecule has 0 aliphatic rings. The number of aromatic nitrogens is 2. The summed E-state index contributed by atoms with van der Waals surface area (Å²) in [4.78, 5) is 7.56. The zero-order valence-corrected chi connectivity index (χ0v) is 12.8. The summed E-state index contributed by atoms with van der Waals surface area (Å²) in [6.45, 7) is 0. The van der Waals surface area contributed by atoms with E-state index in [9.17, 15) is 8.42 Å². The molecule has 1 aromatic heterocycles. The van der Waals surface area contributed by atoms with Crippen LogP contribution in [0.4, 0.5) is 11.5 Å². The topological polar surface area (TPSA) is 107 Å². The molecule has 1 heterocycles. The Hall–Kier alpha value is -1.87. The summed E-state index contributed by atoms with van der Waals surface area (Å²) in [6.07, 6.45) is 4.12. The van der Waals surface area contributed by atoms with Crippen molar-refractivity contribution in [1.29, 1.82) is 0 Å². The molecule has 20 heavy (non-hydrogen) atoms. The lowest BCUT2D eigenvalue weighted by atomic mass is 10.3. The number of halogens is 1. The van der Waals surface area contributed by atoms with Gasteiger partial charge in [0, 0.05) is 22.6 Å². The zero-order valence-electron chi connectivity index (χ0n) is 10.4. The summed E-state index contributed by atoms with van der Waals surface area (Å²) in [5.41, 5.74) is 5.99. The van der Waals surface area contributed by atoms with Gasteiger partial charge in [-0.05, 0) is 28.1 Å². The molecule has 0 saturated heterocycles. The van der Waals surface area contributed by atoms with Gasteiger partial charge in [-0.1, -0.05) is 0 Å². The van der Waals surface area contributed by atoms with Crippen LogP contribution in [0.15, 0.2) is 40.1 Å². The molecule has 2 aromatic rings. The summed E-state index contributed by atoms with van der Waals surface area (Å²) in [7, 11) is -2.50. The average Bonchev–Trinajstić information content (AvgIpc) is 2.42. The lowest BCUT2D eigenvalue weighted by Crippen LogP contribution is -2.15. The molecular weight excluding hydrogens is 348 g/mol. The Morgan fingerprint density at radius 1 is 1.35 bits per heavy atom. The van der Waals surface area contributed by atoms with Crippen molar-refractivity contribution >= 4 is 37.5 Å². The number of methoxy groups -OCH3 is 1. The molecule has 3 N–H and O–H groups in total. The molecule has 0 radical (unpaired) electrons. The largest absolute Gasteiger partial charge is 0.495 e. The van der Waals surface area contributed by atoms with Crippen molar-refractivity contribution in [2.24, 2.45) is 0 Å². The van der Waals surface area contributed by atoms with Gasteiger partial charge in [-0.25, -0.2) is 13.4 Å². The highest BCUT2D eigenvalue weighted by molar-refractivity contribution is 9.10. The minimum Gasteiger partial charge on any atom is -0.495 e. The Balaban J connectivity index is 2.47. The van der Waals surface area contributed by atoms with E-state index < -0.39 is 10.0 Å². The molecule has 0 atom stereocenters. The Morgan fingerprint density at radius 2 is 2.10 bits per heavy atom. The average molecular weight is 359 g/mol. The smallest absolute Gasteiger partial charge is 0.266 e. The molecule has 0 aliphatic carbocycles. The fraction of sp³-hybridized carbons (Fsp3) is 0.0909. The number of nitrogens with two attached hydrogens (primary N) is 1. The summed E-state index contributed by atoms with van der Waals surface area (Å²) < 4.78 is 32.5. The maximum Gasteiger partial charge on any atom is 0.266 e. The van der Waals surface area contributed by atoms with Gasteiger partial charge in [-0.2, -0.15) is 0 Å². The predicted octanol–water partition coefficient (Wildman–Crippen LogP) is 1.63. The van der Waals surface area contributed by atoms with Crippen molar-refractivity contribution in [2.75, 3.05) is 17.6 Å². The Morgan fingerprint density at radius 3 is 2.70 bits per heavy atom. The van der Waals surface area contributed by atoms with Crippen molar-refractivity contribution in [3.8, 4) is 5.75 Å². The van der Waals surface area contributed by atoms with Crippen LogP contribution in [0.5, 0.6) is 5.75 Å². The maximum atomic E-state index is 12.3. The van der Waals surface area contributed by atoms with Crippen LogP contribution in [0.1, 0.15) is 0 Å². The quantitative estimate of drug-likeness (QED) is 0.804. The lowest BCUT2D eigenvalue weighted by molar-refractivity contribution is 0.402. The number of benzene rings is 1. The van der Waals surface area contributed by atoms with E-state index in [0.29, 0.717) is 4.47 Å². The highest BCUT2D eigenvalue weighted by Gasteiger charge is 2.21. The first-order valence-corrected chi connectivity index (χ1v) is 7.63. The summed E-state index contributed by atoms with van der Waals surface area (Å²) >= 11 is 3.21. The Labute approximate surface area is 124 Å². The second-order valence-electron chi connectivity index (χ2n) is 3.72. The number of ether oxygens (including phenoxy) is 1. The van der Waals surface area contributed by atoms with Gasteiger partial charge in [0.15, 0.2) is 5.82 Å². The van der Waals surface area contributed by atoms with Crippen LogP contribution < -0.4 is 15.2 Å². The van der Waals surface area contributed by atoms with Crippen molar-refractivity contribution < 1.29 is 13.2 Å². The van der Waals surface area contributed by atoms with E-state index in [1.807, 2.05) is 0 Å². The van der Waals surface area contributed by atoms with Crippen molar-refractivity contribution in [3.05, 3.63) is 35.2 Å². The van der Waals surface area contributed by atoms with Gasteiger partial charge in [-0.15, -0.1) is 0 Å². The van der Waals surface area contributed by atoms with Crippen LogP contribution in [0.3, 0.4) is 0 Å². The van der Waals surface area contributed by atoms with Gasteiger partial charge in [0.05, 0.1) is 13.3 Å². The Kier molecular flexibility index (Phi) is 4.09. The third-order valence-corrected chi connectivity index (χ3v) is 4.44. The van der Waals surface area contributed by atoms with Gasteiger partial charge in [0.1, 0.15) is 10.6 Å². The predicted molar refractivity (Wildman–Crippen MR) is 77.9 cm³/mol. The number of rotatable bonds is 4. The number of nitrogens with zero attached hydrogens (tertiary/aromatic N) is 2. The minimum absolute atomic E-state index is 0.0775. The van der Waals surface area contributed by atoms with Crippen LogP contribution in [0.25, 0.3) is 0 Å². The Bertz CT molecular complexity index is 722. The molecule has 7 nitrogen and oxygen atoms in total. The van der Waals surface area contributed by atoms with Crippen LogP contribution in [0, 0.1) is 0 Å². The standard InChI is InChI=1S/C11H11BrN4O3S/c1-19-9-4-7(12)8(13)5-10(9)20(17,18)16-11-6-14-2-3-15-11/h2-6H,13H2,1H3,(H,15,16). The molecule has 0 spiro atoms. The second-order valence-corrected chi connectivity index (χ2v) is 6.23. The summed E-state index contributed by atoms with van der Waals surface area (Å²) in [5.74, 6) is 0.276. The van der Waals surface area contributed by atoms with Gasteiger partial charge in [0.25, 0.3) is 10.0 Å². The molecule has 1 aromatic carbocycles. The lowest BCUT2D eigenvalue weighted by Gasteiger charge is -2.12. The molecule has 0 unspecified atom stereocenters. The van der Waals surface area contributed by atoms with Crippen LogP contribution in [0.2, 0.25) is 0 Å². The molecular formula is C11H11BrN4O3S. The summed E-state index contributed by atoms with van der Waals surface area (Å²) in [6, 6.07) is 2.79. The van der Waals surface area contributed by atoms with Crippen LogP contribution in [-0.4, -0.2) is 25.5 Å². The number of nitrogens with one attached hydrogen (secondary N) is 1. The van der Waals surface area contributed by atoms with Crippen molar-refractivity contribution in [2.45, 2.75) is 4.90 Å². The fourth-order valence-corrected chi connectivity index (χ4v) is 2.97. The van der Waals surface area contributed by atoms with E-state index >= 15 is 0 Å². The first kappa shape index (κ1) is 14.5. The first-order chi connectivity index (χ1) is 9.44. The van der Waals surface area contributed by atoms with Crippen molar-refractivity contribution in [3.63, 3.8) is 0 Å². The third kappa shape index (κ3) is 2.99. The molecule has 2 rings (SSSR count). The molecule has 0 saturated carbocycles. The van der Waals surface area contributed by atoms with E-state index in [4.69, 9.17) is 10.5 Å². The molecule has 0 fully saturated rings. The summed E-state index contributed by atoms with van der Waals surface area (Å²) in [5, 5.41) is 0. The van der Waals surface area contributed by atoms with Gasteiger partial charge >= 0.3 is 0 Å². The normalized spacial score (nSPS) is 11.1. The van der Waals surface area contributed by atoms with Gasteiger partial charge in [-0.3, -0.25) is 9.71 Å². The number of sulfonamides is 1. The van der Waals surface area contributed by atoms with E-state index in [1.54, 1.807) is 0 Å². The maximum absolute atomic E-state index is 12.3. The number of hydrogen-bond donors (Lipinski definition) is 2. The van der Waals surface area contributed by atoms with E-state index in [-0.39, 0.29) is 22.2 Å². The third-order valence-electron chi connectivity index (χ3n) is 2.37. The molecule has 106 valence electrons. The SMILES string of the molecule is COc1cc(Br)c(N)cc1S(=O)(=O)Nc1cnccn1. The highest BCUT2D eigenvalue weighted by atomic mass is 79.9. The van der Waals surface area contributed by atoms with E-state index in [1.165, 1.54) is 37.8 Å². The van der Waals surface area contributed by atoms with E-state index in [2.05, 4.69) is 30.6 Å². The minimum atomic E-state index is -3.87. The number of anilines is 2. The van der Waals surface area contributed by atoms with Crippen LogP contribution in [-0.2, 0) is 10.0 Å².